The van der Waals surface area contributed by atoms with Gasteiger partial charge in [-0.3, -0.25) is 14.8 Å². The molecule has 0 atom stereocenters. The fourth-order valence-corrected chi connectivity index (χ4v) is 1.91. The van der Waals surface area contributed by atoms with Gasteiger partial charge in [0.25, 0.3) is 0 Å². The highest BCUT2D eigenvalue weighted by Gasteiger charge is 2.16. The molecule has 0 saturated heterocycles. The zero-order chi connectivity index (χ0) is 15.4. The van der Waals surface area contributed by atoms with Crippen LogP contribution < -0.4 is 10.6 Å². The lowest BCUT2D eigenvalue weighted by Crippen LogP contribution is -2.08. The van der Waals surface area contributed by atoms with E-state index in [1.165, 1.54) is 6.07 Å². The van der Waals surface area contributed by atoms with E-state index in [0.29, 0.717) is 18.9 Å². The van der Waals surface area contributed by atoms with Crippen LogP contribution in [0.4, 0.5) is 17.3 Å². The molecule has 2 rings (SSSR count). The molecule has 112 valence electrons. The number of hydrogen-bond donors (Lipinski definition) is 2. The van der Waals surface area contributed by atoms with Crippen LogP contribution in [0.3, 0.4) is 0 Å². The van der Waals surface area contributed by atoms with E-state index < -0.39 is 4.92 Å². The second-order valence-electron chi connectivity index (χ2n) is 4.58. The average molecular weight is 290 g/mol. The Kier molecular flexibility index (Phi) is 4.36. The summed E-state index contributed by atoms with van der Waals surface area (Å²) in [5.41, 5.74) is 1.94. The lowest BCUT2D eigenvalue weighted by atomic mass is 10.2. The van der Waals surface area contributed by atoms with Crippen molar-refractivity contribution in [2.24, 2.45) is 7.05 Å². The van der Waals surface area contributed by atoms with Crippen molar-refractivity contribution in [3.8, 4) is 0 Å². The van der Waals surface area contributed by atoms with E-state index >= 15 is 0 Å². The topological polar surface area (TPSA) is 97.9 Å². The summed E-state index contributed by atoms with van der Waals surface area (Å²) in [7, 11) is 1.85. The molecule has 2 aromatic heterocycles. The number of hydrogen-bond acceptors (Lipinski definition) is 6. The summed E-state index contributed by atoms with van der Waals surface area (Å²) in [4.78, 5) is 14.9. The number of nitrogens with one attached hydrogen (secondary N) is 2. The summed E-state index contributed by atoms with van der Waals surface area (Å²) in [6, 6.07) is 3.05. The Morgan fingerprint density at radius 3 is 2.71 bits per heavy atom. The van der Waals surface area contributed by atoms with Crippen molar-refractivity contribution in [3.05, 3.63) is 39.7 Å². The van der Waals surface area contributed by atoms with Gasteiger partial charge in [0.05, 0.1) is 11.1 Å². The minimum absolute atomic E-state index is 0.0433. The van der Waals surface area contributed by atoms with Crippen molar-refractivity contribution in [1.82, 2.24) is 14.8 Å². The maximum Gasteiger partial charge on any atom is 0.311 e. The van der Waals surface area contributed by atoms with Gasteiger partial charge >= 0.3 is 5.69 Å². The molecule has 0 aliphatic rings. The van der Waals surface area contributed by atoms with Crippen LogP contribution in [0.25, 0.3) is 0 Å². The second-order valence-corrected chi connectivity index (χ2v) is 4.58. The number of pyridine rings is 1. The van der Waals surface area contributed by atoms with E-state index in [2.05, 4.69) is 20.7 Å². The van der Waals surface area contributed by atoms with Gasteiger partial charge in [0.1, 0.15) is 5.82 Å². The first-order chi connectivity index (χ1) is 10.0. The number of nitrogens with zero attached hydrogens (tertiary/aromatic N) is 4. The van der Waals surface area contributed by atoms with E-state index in [-0.39, 0.29) is 11.5 Å². The second kappa shape index (κ2) is 6.21. The number of aryl methyl sites for hydroxylation is 1. The molecule has 0 amide bonds. The van der Waals surface area contributed by atoms with Crippen LogP contribution in [0, 0.1) is 17.0 Å². The zero-order valence-corrected chi connectivity index (χ0v) is 12.3. The standard InChI is InChI=1S/C13H18N6O2/c1-4-14-12-6-5-11(19(20)21)13(17-12)15-7-10-8-16-18(3)9(10)2/h5-6,8H,4,7H2,1-3H3,(H2,14,15,17). The Balaban J connectivity index is 2.22. The maximum absolute atomic E-state index is 11.1. The van der Waals surface area contributed by atoms with Gasteiger partial charge in [-0.2, -0.15) is 5.10 Å². The summed E-state index contributed by atoms with van der Waals surface area (Å²) in [5, 5.41) is 21.3. The van der Waals surface area contributed by atoms with Crippen LogP contribution in [0.1, 0.15) is 18.2 Å². The third-order valence-electron chi connectivity index (χ3n) is 3.21. The molecule has 8 heteroatoms. The van der Waals surface area contributed by atoms with Crippen LogP contribution >= 0.6 is 0 Å². The van der Waals surface area contributed by atoms with E-state index in [4.69, 9.17) is 0 Å². The van der Waals surface area contributed by atoms with Crippen molar-refractivity contribution in [3.63, 3.8) is 0 Å². The third kappa shape index (κ3) is 3.28. The Labute approximate surface area is 122 Å². The van der Waals surface area contributed by atoms with E-state index in [1.54, 1.807) is 16.9 Å². The fraction of sp³-hybridized carbons (Fsp3) is 0.385. The lowest BCUT2D eigenvalue weighted by Gasteiger charge is -2.08. The van der Waals surface area contributed by atoms with Crippen LogP contribution in [-0.2, 0) is 13.6 Å². The monoisotopic (exact) mass is 290 g/mol. The highest BCUT2D eigenvalue weighted by molar-refractivity contribution is 5.60. The van der Waals surface area contributed by atoms with Gasteiger partial charge in [-0.05, 0) is 19.9 Å². The molecule has 0 unspecified atom stereocenters. The number of rotatable bonds is 6. The van der Waals surface area contributed by atoms with E-state index in [1.807, 2.05) is 20.9 Å². The smallest absolute Gasteiger partial charge is 0.311 e. The minimum Gasteiger partial charge on any atom is -0.370 e. The molecule has 0 saturated carbocycles. The van der Waals surface area contributed by atoms with Gasteiger partial charge in [-0.15, -0.1) is 0 Å². The molecule has 0 aromatic carbocycles. The lowest BCUT2D eigenvalue weighted by molar-refractivity contribution is -0.384. The molecule has 8 nitrogen and oxygen atoms in total. The van der Waals surface area contributed by atoms with Crippen LogP contribution in [0.5, 0.6) is 0 Å². The summed E-state index contributed by atoms with van der Waals surface area (Å²) in [6.07, 6.45) is 1.74. The first-order valence-corrected chi connectivity index (χ1v) is 6.63. The van der Waals surface area contributed by atoms with Gasteiger partial charge in [0, 0.05) is 37.5 Å². The Morgan fingerprint density at radius 2 is 2.14 bits per heavy atom. The van der Waals surface area contributed by atoms with Crippen molar-refractivity contribution >= 4 is 17.3 Å². The first-order valence-electron chi connectivity index (χ1n) is 6.63. The normalized spacial score (nSPS) is 10.4. The average Bonchev–Trinajstić information content (AvgIpc) is 2.77. The van der Waals surface area contributed by atoms with Gasteiger partial charge in [0.15, 0.2) is 0 Å². The Morgan fingerprint density at radius 1 is 1.38 bits per heavy atom. The van der Waals surface area contributed by atoms with Crippen LogP contribution in [-0.4, -0.2) is 26.2 Å². The highest BCUT2D eigenvalue weighted by atomic mass is 16.6. The molecule has 2 aromatic rings. The van der Waals surface area contributed by atoms with E-state index in [0.717, 1.165) is 11.3 Å². The maximum atomic E-state index is 11.1. The minimum atomic E-state index is -0.443. The molecule has 0 aliphatic carbocycles. The summed E-state index contributed by atoms with van der Waals surface area (Å²) in [6.45, 7) is 5.02. The van der Waals surface area contributed by atoms with Crippen LogP contribution in [0.2, 0.25) is 0 Å². The van der Waals surface area contributed by atoms with Crippen LogP contribution in [0.15, 0.2) is 18.3 Å². The Bertz CT molecular complexity index is 652. The molecular formula is C13H18N6O2. The van der Waals surface area contributed by atoms with Crippen molar-refractivity contribution in [2.75, 3.05) is 17.2 Å². The quantitative estimate of drug-likeness (QED) is 0.624. The molecule has 0 aliphatic heterocycles. The predicted molar refractivity (Wildman–Crippen MR) is 80.3 cm³/mol. The SMILES string of the molecule is CCNc1ccc([N+](=O)[O-])c(NCc2cnn(C)c2C)n1. The molecule has 2 heterocycles. The number of anilines is 2. The van der Waals surface area contributed by atoms with Gasteiger partial charge in [-0.1, -0.05) is 0 Å². The highest BCUT2D eigenvalue weighted by Crippen LogP contribution is 2.24. The third-order valence-corrected chi connectivity index (χ3v) is 3.21. The number of aromatic nitrogens is 3. The summed E-state index contributed by atoms with van der Waals surface area (Å²) in [5.74, 6) is 0.857. The van der Waals surface area contributed by atoms with Crippen molar-refractivity contribution in [1.29, 1.82) is 0 Å². The van der Waals surface area contributed by atoms with Crippen molar-refractivity contribution < 1.29 is 4.92 Å². The number of nitro groups is 1. The van der Waals surface area contributed by atoms with Gasteiger partial charge in [0.2, 0.25) is 5.82 Å². The largest absolute Gasteiger partial charge is 0.370 e. The van der Waals surface area contributed by atoms with Gasteiger partial charge in [-0.25, -0.2) is 4.98 Å². The Hall–Kier alpha value is -2.64. The summed E-state index contributed by atoms with van der Waals surface area (Å²) < 4.78 is 1.76. The molecular weight excluding hydrogens is 272 g/mol. The molecule has 0 bridgehead atoms. The molecule has 0 spiro atoms. The van der Waals surface area contributed by atoms with E-state index in [9.17, 15) is 10.1 Å². The molecule has 0 fully saturated rings. The van der Waals surface area contributed by atoms with Gasteiger partial charge < -0.3 is 10.6 Å². The zero-order valence-electron chi connectivity index (χ0n) is 12.3. The molecule has 2 N–H and O–H groups in total. The first kappa shape index (κ1) is 14.8. The molecule has 0 radical (unpaired) electrons. The van der Waals surface area contributed by atoms with Crippen molar-refractivity contribution in [2.45, 2.75) is 20.4 Å². The predicted octanol–water partition coefficient (Wildman–Crippen LogP) is 2.08. The summed E-state index contributed by atoms with van der Waals surface area (Å²) >= 11 is 0. The molecule has 21 heavy (non-hydrogen) atoms. The fourth-order valence-electron chi connectivity index (χ4n) is 1.91.